The van der Waals surface area contributed by atoms with E-state index < -0.39 is 12.1 Å². The minimum atomic E-state index is -0.830. The van der Waals surface area contributed by atoms with Crippen molar-refractivity contribution in [2.24, 2.45) is 0 Å². The van der Waals surface area contributed by atoms with Gasteiger partial charge in [0, 0.05) is 35.7 Å². The number of pyridine rings is 1. The van der Waals surface area contributed by atoms with Gasteiger partial charge in [-0.25, -0.2) is 4.98 Å². The maximum Gasteiger partial charge on any atom is 0.307 e. The van der Waals surface area contributed by atoms with E-state index in [1.807, 2.05) is 50.2 Å². The van der Waals surface area contributed by atoms with Gasteiger partial charge in [0.15, 0.2) is 0 Å². The van der Waals surface area contributed by atoms with Gasteiger partial charge >= 0.3 is 5.97 Å². The van der Waals surface area contributed by atoms with Crippen LogP contribution in [0.4, 0.5) is 0 Å². The van der Waals surface area contributed by atoms with Gasteiger partial charge in [-0.3, -0.25) is 4.79 Å². The van der Waals surface area contributed by atoms with Crippen molar-refractivity contribution in [1.82, 2.24) is 14.9 Å². The standard InChI is InChI=1S/C24H29N3O3/c1-16(11-19-5-4-6-20(12-19)13-24(29)30)25-15-22(28)21-9-10-23(26-14-21)27-17(2)7-8-18(27)3/h4-10,12,14,16,22,25,28H,11,13,15H2,1-3H3,(H,29,30)/t16?,22-/m1/s1. The quantitative estimate of drug-likeness (QED) is 0.506. The lowest BCUT2D eigenvalue weighted by atomic mass is 10.0. The maximum atomic E-state index is 10.9. The average molecular weight is 408 g/mol. The molecule has 0 fully saturated rings. The van der Waals surface area contributed by atoms with Crippen LogP contribution in [0, 0.1) is 13.8 Å². The number of hydrogen-bond donors (Lipinski definition) is 3. The second-order valence-corrected chi connectivity index (χ2v) is 7.82. The number of rotatable bonds is 9. The summed E-state index contributed by atoms with van der Waals surface area (Å²) in [5, 5.41) is 22.8. The summed E-state index contributed by atoms with van der Waals surface area (Å²) in [6, 6.07) is 15.7. The number of hydrogen-bond acceptors (Lipinski definition) is 4. The fraction of sp³-hybridized carbons (Fsp3) is 0.333. The van der Waals surface area contributed by atoms with Gasteiger partial charge in [0.25, 0.3) is 0 Å². The molecule has 0 bridgehead atoms. The van der Waals surface area contributed by atoms with Gasteiger partial charge in [-0.2, -0.15) is 0 Å². The van der Waals surface area contributed by atoms with Gasteiger partial charge in [0.2, 0.25) is 0 Å². The van der Waals surface area contributed by atoms with Crippen LogP contribution in [0.25, 0.3) is 5.82 Å². The largest absolute Gasteiger partial charge is 0.481 e. The lowest BCUT2D eigenvalue weighted by Crippen LogP contribution is -2.32. The van der Waals surface area contributed by atoms with Crippen LogP contribution in [0.2, 0.25) is 0 Å². The van der Waals surface area contributed by atoms with E-state index in [2.05, 4.69) is 33.9 Å². The van der Waals surface area contributed by atoms with Crippen LogP contribution >= 0.6 is 0 Å². The Hall–Kier alpha value is -2.96. The number of aryl methyl sites for hydroxylation is 2. The van der Waals surface area contributed by atoms with E-state index in [4.69, 9.17) is 5.11 Å². The van der Waals surface area contributed by atoms with Crippen molar-refractivity contribution in [1.29, 1.82) is 0 Å². The van der Waals surface area contributed by atoms with Crippen molar-refractivity contribution in [3.05, 3.63) is 82.8 Å². The smallest absolute Gasteiger partial charge is 0.307 e. The molecule has 0 saturated heterocycles. The first kappa shape index (κ1) is 21.7. The zero-order valence-corrected chi connectivity index (χ0v) is 17.7. The highest BCUT2D eigenvalue weighted by molar-refractivity contribution is 5.70. The molecule has 158 valence electrons. The van der Waals surface area contributed by atoms with E-state index in [1.54, 1.807) is 6.20 Å². The summed E-state index contributed by atoms with van der Waals surface area (Å²) in [5.41, 5.74) is 4.88. The number of carboxylic acid groups (broad SMARTS) is 1. The molecule has 0 amide bonds. The summed E-state index contributed by atoms with van der Waals surface area (Å²) in [6.07, 6.45) is 1.85. The molecule has 3 N–H and O–H groups in total. The number of carboxylic acids is 1. The normalized spacial score (nSPS) is 13.2. The molecule has 3 rings (SSSR count). The predicted molar refractivity (Wildman–Crippen MR) is 117 cm³/mol. The van der Waals surface area contributed by atoms with E-state index in [9.17, 15) is 9.90 Å². The molecule has 6 nitrogen and oxygen atoms in total. The van der Waals surface area contributed by atoms with Gasteiger partial charge < -0.3 is 20.1 Å². The molecule has 2 aromatic heterocycles. The summed E-state index contributed by atoms with van der Waals surface area (Å²) in [5.74, 6) is 0.0108. The van der Waals surface area contributed by atoms with Gasteiger partial charge in [-0.15, -0.1) is 0 Å². The van der Waals surface area contributed by atoms with Gasteiger partial charge in [0.1, 0.15) is 5.82 Å². The number of aliphatic hydroxyl groups is 1. The Kier molecular flexibility index (Phi) is 7.03. The highest BCUT2D eigenvalue weighted by Crippen LogP contribution is 2.17. The first-order valence-electron chi connectivity index (χ1n) is 10.2. The predicted octanol–water partition coefficient (Wildman–Crippen LogP) is 3.37. The molecule has 0 aliphatic heterocycles. The van der Waals surface area contributed by atoms with Crippen molar-refractivity contribution in [3.8, 4) is 5.82 Å². The highest BCUT2D eigenvalue weighted by Gasteiger charge is 2.12. The monoisotopic (exact) mass is 407 g/mol. The molecule has 0 aliphatic carbocycles. The Balaban J connectivity index is 1.55. The molecule has 2 atom stereocenters. The lowest BCUT2D eigenvalue weighted by Gasteiger charge is -2.18. The zero-order chi connectivity index (χ0) is 21.7. The second kappa shape index (κ2) is 9.69. The topological polar surface area (TPSA) is 87.4 Å². The summed E-state index contributed by atoms with van der Waals surface area (Å²) in [4.78, 5) is 15.4. The van der Waals surface area contributed by atoms with E-state index in [0.29, 0.717) is 6.54 Å². The van der Waals surface area contributed by atoms with Crippen LogP contribution < -0.4 is 5.32 Å². The van der Waals surface area contributed by atoms with Crippen LogP contribution in [0.1, 0.15) is 41.1 Å². The Morgan fingerprint density at radius 2 is 1.80 bits per heavy atom. The highest BCUT2D eigenvalue weighted by atomic mass is 16.4. The van der Waals surface area contributed by atoms with Crippen molar-refractivity contribution < 1.29 is 15.0 Å². The third-order valence-electron chi connectivity index (χ3n) is 5.20. The van der Waals surface area contributed by atoms with Crippen LogP contribution in [-0.4, -0.2) is 38.3 Å². The van der Waals surface area contributed by atoms with Crippen molar-refractivity contribution in [2.45, 2.75) is 45.8 Å². The summed E-state index contributed by atoms with van der Waals surface area (Å²) < 4.78 is 2.08. The number of carbonyl (C=O) groups is 1. The molecule has 1 unspecified atom stereocenters. The number of aliphatic hydroxyl groups excluding tert-OH is 1. The fourth-order valence-electron chi connectivity index (χ4n) is 3.65. The maximum absolute atomic E-state index is 10.9. The molecular formula is C24H29N3O3. The minimum absolute atomic E-state index is 0.0272. The Morgan fingerprint density at radius 3 is 2.43 bits per heavy atom. The second-order valence-electron chi connectivity index (χ2n) is 7.82. The molecule has 6 heteroatoms. The van der Waals surface area contributed by atoms with Crippen LogP contribution in [0.3, 0.4) is 0 Å². The van der Waals surface area contributed by atoms with E-state index in [0.717, 1.165) is 40.3 Å². The molecule has 3 aromatic rings. The number of nitrogens with one attached hydrogen (secondary N) is 1. The molecule has 2 heterocycles. The van der Waals surface area contributed by atoms with Gasteiger partial charge in [0.05, 0.1) is 12.5 Å². The Morgan fingerprint density at radius 1 is 1.10 bits per heavy atom. The summed E-state index contributed by atoms with van der Waals surface area (Å²) >= 11 is 0. The number of aliphatic carboxylic acids is 1. The van der Waals surface area contributed by atoms with Gasteiger partial charge in [-0.05, 0) is 56.5 Å². The first-order chi connectivity index (χ1) is 14.3. The molecule has 0 spiro atoms. The zero-order valence-electron chi connectivity index (χ0n) is 17.7. The number of nitrogens with zero attached hydrogens (tertiary/aromatic N) is 2. The van der Waals surface area contributed by atoms with E-state index >= 15 is 0 Å². The Bertz CT molecular complexity index is 976. The molecule has 1 aromatic carbocycles. The fourth-order valence-corrected chi connectivity index (χ4v) is 3.65. The minimum Gasteiger partial charge on any atom is -0.481 e. The number of aromatic nitrogens is 2. The molecule has 0 radical (unpaired) electrons. The summed E-state index contributed by atoms with van der Waals surface area (Å²) in [7, 11) is 0. The lowest BCUT2D eigenvalue weighted by molar-refractivity contribution is -0.136. The van der Waals surface area contributed by atoms with Crippen molar-refractivity contribution in [3.63, 3.8) is 0 Å². The van der Waals surface area contributed by atoms with Crippen molar-refractivity contribution >= 4 is 5.97 Å². The Labute approximate surface area is 177 Å². The third-order valence-corrected chi connectivity index (χ3v) is 5.20. The summed E-state index contributed by atoms with van der Waals surface area (Å²) in [6.45, 7) is 6.55. The number of benzene rings is 1. The average Bonchev–Trinajstić information content (AvgIpc) is 3.04. The third kappa shape index (κ3) is 5.55. The molecular weight excluding hydrogens is 378 g/mol. The van der Waals surface area contributed by atoms with E-state index in [1.165, 1.54) is 0 Å². The van der Waals surface area contributed by atoms with Gasteiger partial charge in [-0.1, -0.05) is 30.3 Å². The van der Waals surface area contributed by atoms with Crippen LogP contribution in [0.15, 0.2) is 54.7 Å². The van der Waals surface area contributed by atoms with Crippen LogP contribution in [0.5, 0.6) is 0 Å². The molecule has 30 heavy (non-hydrogen) atoms. The SMILES string of the molecule is Cc1ccc(C)n1-c1ccc([C@H](O)CNC(C)Cc2cccc(CC(=O)O)c2)cn1. The molecule has 0 saturated carbocycles. The molecule has 0 aliphatic rings. The first-order valence-corrected chi connectivity index (χ1v) is 10.2. The van der Waals surface area contributed by atoms with E-state index in [-0.39, 0.29) is 12.5 Å². The van der Waals surface area contributed by atoms with Crippen molar-refractivity contribution in [2.75, 3.05) is 6.54 Å². The van der Waals surface area contributed by atoms with Crippen LogP contribution in [-0.2, 0) is 17.6 Å².